The molecule has 0 aromatic rings. The van der Waals surface area contributed by atoms with E-state index in [1.54, 1.807) is 18.6 Å². The summed E-state index contributed by atoms with van der Waals surface area (Å²) in [5, 5.41) is 21.9. The van der Waals surface area contributed by atoms with Crippen molar-refractivity contribution in [3.63, 3.8) is 0 Å². The smallest absolute Gasteiger partial charge is 0.203 e. The summed E-state index contributed by atoms with van der Waals surface area (Å²) in [6.45, 7) is 0. The molecule has 0 aliphatic carbocycles. The Morgan fingerprint density at radius 3 is 2.00 bits per heavy atom. The highest BCUT2D eigenvalue weighted by Gasteiger charge is 2.12. The number of fused-ring (bicyclic) bond motifs is 2. The zero-order valence-corrected chi connectivity index (χ0v) is 7.89. The molecule has 76 valence electrons. The average Bonchev–Trinajstić information content (AvgIpc) is 2.99. The van der Waals surface area contributed by atoms with Crippen molar-refractivity contribution in [2.45, 2.75) is 0 Å². The van der Waals surface area contributed by atoms with Gasteiger partial charge in [0.05, 0.1) is 18.6 Å². The first-order chi connectivity index (χ1) is 7.93. The predicted octanol–water partition coefficient (Wildman–Crippen LogP) is 2.33. The van der Waals surface area contributed by atoms with Gasteiger partial charge in [-0.15, -0.1) is 15.3 Å². The van der Waals surface area contributed by atoms with Crippen molar-refractivity contribution in [2.75, 3.05) is 0 Å². The Morgan fingerprint density at radius 2 is 1.31 bits per heavy atom. The molecule has 0 aromatic carbocycles. The van der Waals surface area contributed by atoms with Crippen molar-refractivity contribution in [3.8, 4) is 0 Å². The zero-order valence-electron chi connectivity index (χ0n) is 7.89. The van der Waals surface area contributed by atoms with E-state index >= 15 is 0 Å². The van der Waals surface area contributed by atoms with E-state index < -0.39 is 0 Å². The monoisotopic (exact) mass is 212 g/mol. The van der Waals surface area contributed by atoms with E-state index in [-0.39, 0.29) is 0 Å². The molecule has 4 rings (SSSR count). The van der Waals surface area contributed by atoms with Crippen LogP contribution in [0.3, 0.4) is 0 Å². The summed E-state index contributed by atoms with van der Waals surface area (Å²) in [5.74, 6) is 0.630. The number of nitrogens with zero attached hydrogens (tertiary/aromatic N) is 8. The number of aliphatic imine (C=N–C) groups is 2. The molecule has 0 spiro atoms. The first-order valence-electron chi connectivity index (χ1n) is 4.38. The molecule has 4 aliphatic heterocycles. The average molecular weight is 212 g/mol. The van der Waals surface area contributed by atoms with Crippen molar-refractivity contribution in [2.24, 2.45) is 40.7 Å². The maximum absolute atomic E-state index is 3.84. The van der Waals surface area contributed by atoms with Crippen LogP contribution in [-0.2, 0) is 0 Å². The van der Waals surface area contributed by atoms with Crippen LogP contribution in [0.1, 0.15) is 0 Å². The lowest BCUT2D eigenvalue weighted by Gasteiger charge is -1.76. The van der Waals surface area contributed by atoms with Crippen LogP contribution in [0.2, 0.25) is 0 Å². The molecule has 0 N–H and O–H groups in total. The number of amidine groups is 1. The molecule has 4 aliphatic rings. The predicted molar refractivity (Wildman–Crippen MR) is 54.7 cm³/mol. The summed E-state index contributed by atoms with van der Waals surface area (Å²) in [5.41, 5.74) is 2.31. The number of rotatable bonds is 0. The van der Waals surface area contributed by atoms with Gasteiger partial charge in [-0.05, 0) is 0 Å². The van der Waals surface area contributed by atoms with E-state index in [1.807, 2.05) is 0 Å². The summed E-state index contributed by atoms with van der Waals surface area (Å²) in [6.07, 6.45) is 6.23. The van der Waals surface area contributed by atoms with Crippen molar-refractivity contribution < 1.29 is 0 Å². The highest BCUT2D eigenvalue weighted by molar-refractivity contribution is 6.07. The molecule has 0 amide bonds. The Labute approximate surface area is 89.3 Å². The summed E-state index contributed by atoms with van der Waals surface area (Å²) >= 11 is 0. The van der Waals surface area contributed by atoms with Crippen molar-refractivity contribution in [1.29, 1.82) is 0 Å². The Bertz CT molecular complexity index is 465. The lowest BCUT2D eigenvalue weighted by Crippen LogP contribution is -1.83. The van der Waals surface area contributed by atoms with E-state index in [4.69, 9.17) is 0 Å². The lowest BCUT2D eigenvalue weighted by molar-refractivity contribution is 1.22. The fourth-order valence-electron chi connectivity index (χ4n) is 1.15. The van der Waals surface area contributed by atoms with Gasteiger partial charge in [0, 0.05) is 0 Å². The van der Waals surface area contributed by atoms with Crippen LogP contribution in [-0.4, -0.2) is 12.2 Å². The van der Waals surface area contributed by atoms with Gasteiger partial charge in [-0.3, -0.25) is 0 Å². The van der Waals surface area contributed by atoms with E-state index in [2.05, 4.69) is 40.7 Å². The molecule has 0 atom stereocenters. The number of hydrogen-bond donors (Lipinski definition) is 0. The Morgan fingerprint density at radius 1 is 0.688 bits per heavy atom. The topological polar surface area (TPSA) is 98.9 Å². The lowest BCUT2D eigenvalue weighted by atomic mass is 10.4. The third-order valence-corrected chi connectivity index (χ3v) is 1.89. The van der Waals surface area contributed by atoms with Crippen LogP contribution in [0.4, 0.5) is 0 Å². The Hall–Kier alpha value is -2.64. The molecule has 0 saturated heterocycles. The number of hydrogen-bond acceptors (Lipinski definition) is 8. The minimum absolute atomic E-state index is 0.630. The molecule has 0 fully saturated rings. The fraction of sp³-hybridized carbons (Fsp3) is 0. The van der Waals surface area contributed by atoms with Gasteiger partial charge in [0.15, 0.2) is 0 Å². The highest BCUT2D eigenvalue weighted by Crippen LogP contribution is 2.24. The van der Waals surface area contributed by atoms with Gasteiger partial charge in [-0.25, -0.2) is 9.98 Å². The molecule has 16 heavy (non-hydrogen) atoms. The molecule has 8 heteroatoms. The first kappa shape index (κ1) is 8.65. The van der Waals surface area contributed by atoms with E-state index in [9.17, 15) is 0 Å². The largest absolute Gasteiger partial charge is 0.231 e. The molecule has 0 aromatic heterocycles. The van der Waals surface area contributed by atoms with Crippen LogP contribution >= 0.6 is 0 Å². The maximum Gasteiger partial charge on any atom is 0.203 e. The van der Waals surface area contributed by atoms with Crippen molar-refractivity contribution >= 4 is 12.2 Å². The van der Waals surface area contributed by atoms with Gasteiger partial charge in [0.2, 0.25) is 5.84 Å². The third-order valence-electron chi connectivity index (χ3n) is 1.89. The summed E-state index contributed by atoms with van der Waals surface area (Å²) in [7, 11) is 0. The molecule has 8 nitrogen and oxygen atoms in total. The zero-order chi connectivity index (χ0) is 10.8. The Kier molecular flexibility index (Phi) is 1.89. The van der Waals surface area contributed by atoms with Gasteiger partial charge >= 0.3 is 0 Å². The third kappa shape index (κ3) is 1.41. The minimum atomic E-state index is 0.630. The Balaban J connectivity index is 0.000000101. The van der Waals surface area contributed by atoms with E-state index in [0.717, 1.165) is 17.1 Å². The highest BCUT2D eigenvalue weighted by atomic mass is 15.2. The molecule has 0 unspecified atom stereocenters. The second-order valence-corrected chi connectivity index (χ2v) is 2.89. The van der Waals surface area contributed by atoms with Gasteiger partial charge in [-0.2, -0.15) is 15.3 Å². The summed E-state index contributed by atoms with van der Waals surface area (Å²) in [4.78, 5) is 7.64. The van der Waals surface area contributed by atoms with Gasteiger partial charge in [0.25, 0.3) is 0 Å². The summed E-state index contributed by atoms with van der Waals surface area (Å²) < 4.78 is 0. The first-order valence-corrected chi connectivity index (χ1v) is 4.38. The van der Waals surface area contributed by atoms with Crippen LogP contribution in [0.15, 0.2) is 76.4 Å². The fourth-order valence-corrected chi connectivity index (χ4v) is 1.15. The van der Waals surface area contributed by atoms with Crippen molar-refractivity contribution in [3.05, 3.63) is 35.7 Å². The van der Waals surface area contributed by atoms with E-state index in [0.29, 0.717) is 5.84 Å². The maximum atomic E-state index is 3.84. The van der Waals surface area contributed by atoms with Crippen LogP contribution in [0.5, 0.6) is 0 Å². The molecule has 4 heterocycles. The van der Waals surface area contributed by atoms with E-state index in [1.165, 1.54) is 6.34 Å². The standard InChI is InChI=1S/2C4H2N4/c1-3-4(8-7-1)6-2-5-3;1-3-4(8-5-1)2-6-7-3/h2*1-2H. The number of azo groups is 3. The molecule has 0 radical (unpaired) electrons. The normalized spacial score (nSPS) is 21.0. The van der Waals surface area contributed by atoms with Gasteiger partial charge < -0.3 is 0 Å². The van der Waals surface area contributed by atoms with Crippen LogP contribution in [0, 0.1) is 0 Å². The van der Waals surface area contributed by atoms with Gasteiger partial charge in [-0.1, -0.05) is 0 Å². The van der Waals surface area contributed by atoms with Crippen molar-refractivity contribution in [1.82, 2.24) is 0 Å². The summed E-state index contributed by atoms with van der Waals surface area (Å²) in [6, 6.07) is 0. The van der Waals surface area contributed by atoms with Gasteiger partial charge in [0.1, 0.15) is 23.4 Å². The molecular formula is C8H4N8. The second-order valence-electron chi connectivity index (χ2n) is 2.89. The quantitative estimate of drug-likeness (QED) is 0.588. The SMILES string of the molecule is C1=C2N=NC=C2N=N1.C1=NC2=CN=NC2=N1. The molecule has 0 saturated carbocycles. The molecule has 0 bridgehead atoms. The van der Waals surface area contributed by atoms with Crippen LogP contribution in [0.25, 0.3) is 0 Å². The second kappa shape index (κ2) is 3.50. The minimum Gasteiger partial charge on any atom is -0.231 e. The van der Waals surface area contributed by atoms with Crippen LogP contribution < -0.4 is 0 Å². The molecular weight excluding hydrogens is 208 g/mol.